The van der Waals surface area contributed by atoms with Crippen LogP contribution in [0.3, 0.4) is 0 Å². The Morgan fingerprint density at radius 3 is 2.51 bits per heavy atom. The maximum atomic E-state index is 13.1. The summed E-state index contributed by atoms with van der Waals surface area (Å²) in [5.41, 5.74) is 6.75. The molecule has 2 aliphatic rings. The van der Waals surface area contributed by atoms with Gasteiger partial charge in [-0.2, -0.15) is 13.2 Å². The summed E-state index contributed by atoms with van der Waals surface area (Å²) < 4.78 is 48.6. The quantitative estimate of drug-likeness (QED) is 0.324. The van der Waals surface area contributed by atoms with Gasteiger partial charge in [-0.05, 0) is 81.5 Å². The van der Waals surface area contributed by atoms with E-state index in [2.05, 4.69) is 20.4 Å². The van der Waals surface area contributed by atoms with Crippen LogP contribution >= 0.6 is 0 Å². The summed E-state index contributed by atoms with van der Waals surface area (Å²) in [5, 5.41) is 15.6. The maximum absolute atomic E-state index is 13.1. The molecule has 2 aromatic rings. The number of nitrogens with zero attached hydrogens (tertiary/aromatic N) is 3. The first-order chi connectivity index (χ1) is 18.6. The summed E-state index contributed by atoms with van der Waals surface area (Å²) in [5.74, 6) is 0.840. The van der Waals surface area contributed by atoms with E-state index >= 15 is 0 Å². The molecular formula is C25H36BF3N6O2. The van der Waals surface area contributed by atoms with Gasteiger partial charge < -0.3 is 26.2 Å². The molecule has 0 aliphatic carbocycles. The number of nitrogens with two attached hydrogens (primary N) is 1. The lowest BCUT2D eigenvalue weighted by Crippen LogP contribution is -2.47. The van der Waals surface area contributed by atoms with Gasteiger partial charge in [-0.15, -0.1) is 0 Å². The third kappa shape index (κ3) is 7.29. The number of nitrogen functional groups attached to an aromatic ring is 1. The standard InChI is InChI=1S/C25H34BF3N6O2.H2/c1-26(37)33-23-14-17(4-9-31-23)16-34-10-5-18(6-11-34)24(36)35-12-7-20(8-13-35)32-22-3-2-19(15-21(22)30)25(27,28)29;/h2-4,9,14-15,18,20,32,37H,5-8,10-13,16,30H2,1H3,(H,31,33);1H/i;1+1D. The Morgan fingerprint density at radius 2 is 1.89 bits per heavy atom. The number of hydrogen-bond donors (Lipinski definition) is 4. The van der Waals surface area contributed by atoms with E-state index in [0.29, 0.717) is 24.6 Å². The van der Waals surface area contributed by atoms with Crippen LogP contribution in [0.4, 0.5) is 30.4 Å². The zero-order valence-electron chi connectivity index (χ0n) is 23.0. The second kappa shape index (κ2) is 11.6. The molecule has 37 heavy (non-hydrogen) atoms. The predicted molar refractivity (Wildman–Crippen MR) is 141 cm³/mol. The highest BCUT2D eigenvalue weighted by molar-refractivity contribution is 6.52. The van der Waals surface area contributed by atoms with Crippen LogP contribution in [-0.4, -0.2) is 65.0 Å². The summed E-state index contributed by atoms with van der Waals surface area (Å²) in [6, 6.07) is 7.30. The third-order valence-corrected chi connectivity index (χ3v) is 7.07. The molecule has 1 aromatic heterocycles. The van der Waals surface area contributed by atoms with Crippen molar-refractivity contribution in [1.29, 1.82) is 0 Å². The second-order valence-electron chi connectivity index (χ2n) is 9.96. The van der Waals surface area contributed by atoms with Gasteiger partial charge in [0.25, 0.3) is 0 Å². The number of amides is 1. The minimum atomic E-state index is -4.42. The van der Waals surface area contributed by atoms with E-state index in [-0.39, 0.29) is 23.6 Å². The van der Waals surface area contributed by atoms with E-state index in [0.717, 1.165) is 63.0 Å². The number of halogens is 3. The normalized spacial score (nSPS) is 18.2. The molecule has 12 heteroatoms. The molecule has 202 valence electrons. The number of aromatic nitrogens is 1. The molecular weight excluding hydrogens is 484 g/mol. The molecule has 1 aromatic carbocycles. The van der Waals surface area contributed by atoms with Gasteiger partial charge in [-0.3, -0.25) is 9.69 Å². The molecule has 0 bridgehead atoms. The lowest BCUT2D eigenvalue weighted by molar-refractivity contribution is -0.138. The van der Waals surface area contributed by atoms with Crippen molar-refractivity contribution in [2.75, 3.05) is 42.5 Å². The summed E-state index contributed by atoms with van der Waals surface area (Å²) >= 11 is 0. The van der Waals surface area contributed by atoms with Gasteiger partial charge in [0.1, 0.15) is 5.82 Å². The largest absolute Gasteiger partial charge is 0.433 e. The van der Waals surface area contributed by atoms with Gasteiger partial charge in [0.05, 0.1) is 16.9 Å². The van der Waals surface area contributed by atoms with Crippen molar-refractivity contribution in [3.63, 3.8) is 0 Å². The van der Waals surface area contributed by atoms with Gasteiger partial charge in [-0.25, -0.2) is 4.98 Å². The Hall–Kier alpha value is -2.99. The van der Waals surface area contributed by atoms with E-state index in [1.54, 1.807) is 13.0 Å². The SMILES string of the molecule is CB(O)Nc1cc(CN2CCC(C(=O)N3CCC(Nc4ccc(C(F)(F)F)cc4N)CC3)CC2)ccn1.[2H][2H]. The molecule has 3 heterocycles. The van der Waals surface area contributed by atoms with Crippen LogP contribution in [0.2, 0.25) is 6.82 Å². The number of piperidine rings is 2. The average Bonchev–Trinajstić information content (AvgIpc) is 2.91. The summed E-state index contributed by atoms with van der Waals surface area (Å²) in [6.45, 7) is 5.32. The van der Waals surface area contributed by atoms with Gasteiger partial charge in [0.2, 0.25) is 5.91 Å². The van der Waals surface area contributed by atoms with Crippen LogP contribution in [0.1, 0.15) is 39.8 Å². The highest BCUT2D eigenvalue weighted by Gasteiger charge is 2.32. The first-order valence-electron chi connectivity index (χ1n) is 13.7. The van der Waals surface area contributed by atoms with Crippen molar-refractivity contribution in [2.24, 2.45) is 5.92 Å². The molecule has 0 atom stereocenters. The Kier molecular flexibility index (Phi) is 8.04. The van der Waals surface area contributed by atoms with Crippen molar-refractivity contribution in [3.05, 3.63) is 47.7 Å². The van der Waals surface area contributed by atoms with Crippen molar-refractivity contribution < 1.29 is 26.0 Å². The monoisotopic (exact) mass is 522 g/mol. The lowest BCUT2D eigenvalue weighted by Gasteiger charge is -2.37. The number of benzene rings is 1. The Balaban J connectivity index is 0.00000205. The van der Waals surface area contributed by atoms with Crippen LogP contribution in [0.15, 0.2) is 36.5 Å². The smallest absolute Gasteiger partial charge is 0.416 e. The Labute approximate surface area is 218 Å². The molecule has 4 rings (SSSR count). The van der Waals surface area contributed by atoms with Gasteiger partial charge in [0, 0.05) is 40.8 Å². The Bertz CT molecular complexity index is 1080. The molecule has 0 spiro atoms. The molecule has 0 unspecified atom stereocenters. The van der Waals surface area contributed by atoms with Crippen LogP contribution in [0.25, 0.3) is 0 Å². The average molecular weight is 522 g/mol. The Morgan fingerprint density at radius 1 is 1.19 bits per heavy atom. The zero-order chi connectivity index (χ0) is 28.6. The number of pyridine rings is 1. The van der Waals surface area contributed by atoms with Crippen LogP contribution in [0.5, 0.6) is 0 Å². The molecule has 2 aliphatic heterocycles. The number of likely N-dealkylation sites (tertiary alicyclic amines) is 2. The minimum Gasteiger partial charge on any atom is -0.433 e. The number of carbonyl (C=O) groups is 1. The molecule has 1 amide bonds. The first kappa shape index (κ1) is 25.7. The van der Waals surface area contributed by atoms with E-state index < -0.39 is 18.8 Å². The lowest BCUT2D eigenvalue weighted by atomic mass is 9.89. The van der Waals surface area contributed by atoms with Crippen molar-refractivity contribution in [3.8, 4) is 0 Å². The number of nitrogens with one attached hydrogen (secondary N) is 2. The third-order valence-electron chi connectivity index (χ3n) is 7.07. The molecule has 2 saturated heterocycles. The molecule has 0 saturated carbocycles. The summed E-state index contributed by atoms with van der Waals surface area (Å²) in [4.78, 5) is 21.6. The van der Waals surface area contributed by atoms with Crippen LogP contribution in [-0.2, 0) is 17.5 Å². The van der Waals surface area contributed by atoms with E-state index in [4.69, 9.17) is 8.70 Å². The number of carbonyl (C=O) groups excluding carboxylic acids is 1. The van der Waals surface area contributed by atoms with Crippen molar-refractivity contribution >= 4 is 30.2 Å². The van der Waals surface area contributed by atoms with Gasteiger partial charge in [0.15, 0.2) is 0 Å². The second-order valence-corrected chi connectivity index (χ2v) is 9.96. The molecule has 8 nitrogen and oxygen atoms in total. The van der Waals surface area contributed by atoms with Gasteiger partial charge in [-0.1, -0.05) is 0 Å². The summed E-state index contributed by atoms with van der Waals surface area (Å²) in [6.07, 6.45) is 0.353. The van der Waals surface area contributed by atoms with Crippen molar-refractivity contribution in [1.82, 2.24) is 14.8 Å². The van der Waals surface area contributed by atoms with E-state index in [1.807, 2.05) is 17.0 Å². The zero-order valence-corrected chi connectivity index (χ0v) is 21.0. The van der Waals surface area contributed by atoms with Gasteiger partial charge >= 0.3 is 13.2 Å². The molecule has 0 radical (unpaired) electrons. The molecule has 2 fully saturated rings. The predicted octanol–water partition coefficient (Wildman–Crippen LogP) is 3.77. The fraction of sp³-hybridized carbons (Fsp3) is 0.520. The number of rotatable bonds is 7. The van der Waals surface area contributed by atoms with Crippen molar-refractivity contribution in [2.45, 2.75) is 51.3 Å². The topological polar surface area (TPSA) is 107 Å². The molecule has 5 N–H and O–H groups in total. The summed E-state index contributed by atoms with van der Waals surface area (Å²) in [7, 11) is -0.673. The van der Waals surface area contributed by atoms with Crippen LogP contribution < -0.4 is 16.3 Å². The van der Waals surface area contributed by atoms with E-state index in [9.17, 15) is 23.0 Å². The maximum Gasteiger partial charge on any atom is 0.416 e. The number of anilines is 3. The first-order valence-corrected chi connectivity index (χ1v) is 12.7. The fourth-order valence-electron chi connectivity index (χ4n) is 5.05. The fourth-order valence-corrected chi connectivity index (χ4v) is 5.05. The number of hydrogen-bond acceptors (Lipinski definition) is 7. The highest BCUT2D eigenvalue weighted by atomic mass is 19.4. The number of alkyl halides is 3. The minimum absolute atomic E-state index is 0.0104. The van der Waals surface area contributed by atoms with Crippen LogP contribution in [0, 0.1) is 5.92 Å². The highest BCUT2D eigenvalue weighted by Crippen LogP contribution is 2.33. The van der Waals surface area contributed by atoms with E-state index in [1.165, 1.54) is 6.07 Å².